The number of hydrogen-bond acceptors (Lipinski definition) is 3. The third-order valence-electron chi connectivity index (χ3n) is 1.96. The molecule has 1 aromatic carbocycles. The molecule has 0 atom stereocenters. The van der Waals surface area contributed by atoms with Gasteiger partial charge in [-0.15, -0.1) is 0 Å². The molecule has 0 fully saturated rings. The minimum absolute atomic E-state index is 0.317. The van der Waals surface area contributed by atoms with Crippen LogP contribution in [-0.2, 0) is 4.74 Å². The summed E-state index contributed by atoms with van der Waals surface area (Å²) in [7, 11) is 0. The van der Waals surface area contributed by atoms with E-state index < -0.39 is 6.09 Å². The van der Waals surface area contributed by atoms with Gasteiger partial charge in [0.25, 0.3) is 0 Å². The summed E-state index contributed by atoms with van der Waals surface area (Å²) in [6.45, 7) is 4.35. The van der Waals surface area contributed by atoms with E-state index in [1.807, 2.05) is 13.8 Å². The van der Waals surface area contributed by atoms with E-state index in [4.69, 9.17) is 22.7 Å². The van der Waals surface area contributed by atoms with Crippen molar-refractivity contribution in [1.82, 2.24) is 0 Å². The molecule has 3 N–H and O–H groups in total. The van der Waals surface area contributed by atoms with Crippen LogP contribution in [0, 0.1) is 5.92 Å². The predicted molar refractivity (Wildman–Crippen MR) is 72.1 cm³/mol. The van der Waals surface area contributed by atoms with Gasteiger partial charge < -0.3 is 10.5 Å². The maximum atomic E-state index is 11.4. The highest BCUT2D eigenvalue weighted by molar-refractivity contribution is 7.80. The van der Waals surface area contributed by atoms with Crippen LogP contribution in [0.2, 0.25) is 0 Å². The molecule has 0 aliphatic heterocycles. The fraction of sp³-hybridized carbons (Fsp3) is 0.333. The van der Waals surface area contributed by atoms with Crippen LogP contribution in [0.15, 0.2) is 24.3 Å². The van der Waals surface area contributed by atoms with Crippen LogP contribution in [0.4, 0.5) is 10.5 Å². The fourth-order valence-electron chi connectivity index (χ4n) is 1.11. The summed E-state index contributed by atoms with van der Waals surface area (Å²) in [5.74, 6) is 0.317. The highest BCUT2D eigenvalue weighted by atomic mass is 32.1. The number of hydrogen-bond donors (Lipinski definition) is 2. The summed E-state index contributed by atoms with van der Waals surface area (Å²) >= 11 is 4.83. The van der Waals surface area contributed by atoms with Crippen LogP contribution in [0.3, 0.4) is 0 Å². The number of thiocarbonyl (C=S) groups is 1. The standard InChI is InChI=1S/C12H16N2O2S/c1-8(2)7-16-12(15)14-10-5-3-9(4-6-10)11(13)17/h3-6,8H,7H2,1-2H3,(H2,13,17)(H,14,15). The monoisotopic (exact) mass is 252 g/mol. The third kappa shape index (κ3) is 4.82. The van der Waals surface area contributed by atoms with E-state index in [1.165, 1.54) is 0 Å². The van der Waals surface area contributed by atoms with Crippen molar-refractivity contribution >= 4 is 29.0 Å². The molecule has 0 aliphatic rings. The Kier molecular flexibility index (Phi) is 4.90. The van der Waals surface area contributed by atoms with Gasteiger partial charge in [-0.1, -0.05) is 26.1 Å². The molecule has 5 heteroatoms. The van der Waals surface area contributed by atoms with E-state index in [-0.39, 0.29) is 0 Å². The lowest BCUT2D eigenvalue weighted by Gasteiger charge is -2.09. The molecule has 92 valence electrons. The molecule has 0 heterocycles. The summed E-state index contributed by atoms with van der Waals surface area (Å²) in [6.07, 6.45) is -0.457. The van der Waals surface area contributed by atoms with E-state index >= 15 is 0 Å². The Morgan fingerprint density at radius 3 is 2.47 bits per heavy atom. The fourth-order valence-corrected chi connectivity index (χ4v) is 1.25. The lowest BCUT2D eigenvalue weighted by atomic mass is 10.2. The second-order valence-corrected chi connectivity index (χ2v) is 4.50. The Bertz CT molecular complexity index is 401. The first-order chi connectivity index (χ1) is 7.99. The van der Waals surface area contributed by atoms with Gasteiger partial charge >= 0.3 is 6.09 Å². The van der Waals surface area contributed by atoms with Crippen molar-refractivity contribution in [2.75, 3.05) is 11.9 Å². The van der Waals surface area contributed by atoms with E-state index in [2.05, 4.69) is 5.32 Å². The minimum atomic E-state index is -0.457. The largest absolute Gasteiger partial charge is 0.449 e. The molecule has 1 rings (SSSR count). The lowest BCUT2D eigenvalue weighted by Crippen LogP contribution is -2.16. The van der Waals surface area contributed by atoms with Crippen molar-refractivity contribution in [3.63, 3.8) is 0 Å². The van der Waals surface area contributed by atoms with Crippen molar-refractivity contribution in [3.05, 3.63) is 29.8 Å². The zero-order valence-electron chi connectivity index (χ0n) is 9.90. The highest BCUT2D eigenvalue weighted by Crippen LogP contribution is 2.10. The molecule has 17 heavy (non-hydrogen) atoms. The number of benzene rings is 1. The zero-order chi connectivity index (χ0) is 12.8. The number of anilines is 1. The van der Waals surface area contributed by atoms with E-state index in [0.717, 1.165) is 5.56 Å². The average molecular weight is 252 g/mol. The summed E-state index contributed by atoms with van der Waals surface area (Å²) < 4.78 is 4.98. The van der Waals surface area contributed by atoms with Gasteiger partial charge in [-0.25, -0.2) is 4.79 Å². The van der Waals surface area contributed by atoms with Gasteiger partial charge in [0, 0.05) is 11.3 Å². The van der Waals surface area contributed by atoms with Gasteiger partial charge in [0.2, 0.25) is 0 Å². The summed E-state index contributed by atoms with van der Waals surface area (Å²) in [5, 5.41) is 2.62. The molecule has 1 amide bonds. The topological polar surface area (TPSA) is 64.3 Å². The quantitative estimate of drug-likeness (QED) is 0.808. The smallest absolute Gasteiger partial charge is 0.411 e. The average Bonchev–Trinajstić information content (AvgIpc) is 2.27. The maximum absolute atomic E-state index is 11.4. The molecule has 0 radical (unpaired) electrons. The van der Waals surface area contributed by atoms with Gasteiger partial charge in [0.05, 0.1) is 6.61 Å². The van der Waals surface area contributed by atoms with Gasteiger partial charge in [-0.05, 0) is 30.2 Å². The summed E-state index contributed by atoms with van der Waals surface area (Å²) in [4.78, 5) is 11.7. The molecule has 0 bridgehead atoms. The van der Waals surface area contributed by atoms with Gasteiger partial charge in [0.15, 0.2) is 0 Å². The predicted octanol–water partition coefficient (Wildman–Crippen LogP) is 2.53. The van der Waals surface area contributed by atoms with E-state index in [1.54, 1.807) is 24.3 Å². The van der Waals surface area contributed by atoms with Crippen LogP contribution >= 0.6 is 12.2 Å². The number of nitrogens with one attached hydrogen (secondary N) is 1. The lowest BCUT2D eigenvalue weighted by molar-refractivity contribution is 0.147. The molecule has 0 aromatic heterocycles. The number of carbonyl (C=O) groups is 1. The van der Waals surface area contributed by atoms with Crippen molar-refractivity contribution in [2.24, 2.45) is 11.7 Å². The first-order valence-corrected chi connectivity index (χ1v) is 5.73. The number of carbonyl (C=O) groups excluding carboxylic acids is 1. The minimum Gasteiger partial charge on any atom is -0.449 e. The molecule has 1 aromatic rings. The number of amides is 1. The van der Waals surface area contributed by atoms with Crippen LogP contribution in [-0.4, -0.2) is 17.7 Å². The molecular weight excluding hydrogens is 236 g/mol. The molecule has 0 aliphatic carbocycles. The number of nitrogens with two attached hydrogens (primary N) is 1. The van der Waals surface area contributed by atoms with Crippen molar-refractivity contribution in [1.29, 1.82) is 0 Å². The Balaban J connectivity index is 2.51. The molecule has 0 unspecified atom stereocenters. The molecule has 0 spiro atoms. The van der Waals surface area contributed by atoms with Crippen LogP contribution in [0.5, 0.6) is 0 Å². The summed E-state index contributed by atoms with van der Waals surface area (Å²) in [5.41, 5.74) is 6.88. The van der Waals surface area contributed by atoms with Gasteiger partial charge in [0.1, 0.15) is 4.99 Å². The molecule has 0 saturated carbocycles. The Morgan fingerprint density at radius 2 is 2.00 bits per heavy atom. The second kappa shape index (κ2) is 6.20. The number of ether oxygens (including phenoxy) is 1. The molecule has 4 nitrogen and oxygen atoms in total. The van der Waals surface area contributed by atoms with Crippen molar-refractivity contribution < 1.29 is 9.53 Å². The van der Waals surface area contributed by atoms with E-state index in [0.29, 0.717) is 23.2 Å². The summed E-state index contributed by atoms with van der Waals surface area (Å²) in [6, 6.07) is 6.96. The molecule has 0 saturated heterocycles. The first kappa shape index (κ1) is 13.4. The highest BCUT2D eigenvalue weighted by Gasteiger charge is 2.04. The second-order valence-electron chi connectivity index (χ2n) is 4.06. The number of rotatable bonds is 4. The first-order valence-electron chi connectivity index (χ1n) is 5.32. The van der Waals surface area contributed by atoms with Crippen LogP contribution < -0.4 is 11.1 Å². The Labute approximate surface area is 106 Å². The normalized spacial score (nSPS) is 10.1. The van der Waals surface area contributed by atoms with Crippen LogP contribution in [0.25, 0.3) is 0 Å². The SMILES string of the molecule is CC(C)COC(=O)Nc1ccc(C(N)=S)cc1. The Hall–Kier alpha value is -1.62. The van der Waals surface area contributed by atoms with E-state index in [9.17, 15) is 4.79 Å². The zero-order valence-corrected chi connectivity index (χ0v) is 10.7. The van der Waals surface area contributed by atoms with Gasteiger partial charge in [-0.3, -0.25) is 5.32 Å². The van der Waals surface area contributed by atoms with Crippen LogP contribution in [0.1, 0.15) is 19.4 Å². The van der Waals surface area contributed by atoms with Crippen molar-refractivity contribution in [3.8, 4) is 0 Å². The molecular formula is C12H16N2O2S. The van der Waals surface area contributed by atoms with Gasteiger partial charge in [-0.2, -0.15) is 0 Å². The third-order valence-corrected chi connectivity index (χ3v) is 2.20. The maximum Gasteiger partial charge on any atom is 0.411 e. The Morgan fingerprint density at radius 1 is 1.41 bits per heavy atom. The van der Waals surface area contributed by atoms with Crippen molar-refractivity contribution in [2.45, 2.75) is 13.8 Å².